The van der Waals surface area contributed by atoms with Gasteiger partial charge in [0.05, 0.1) is 37.6 Å². The van der Waals surface area contributed by atoms with E-state index in [-0.39, 0.29) is 11.8 Å². The van der Waals surface area contributed by atoms with Gasteiger partial charge in [0.2, 0.25) is 0 Å². The quantitative estimate of drug-likeness (QED) is 0.504. The van der Waals surface area contributed by atoms with E-state index in [0.717, 1.165) is 31.2 Å². The van der Waals surface area contributed by atoms with Crippen molar-refractivity contribution in [3.63, 3.8) is 0 Å². The number of carboxylic acids is 1. The molecule has 2 aromatic heterocycles. The maximum absolute atomic E-state index is 11.6. The first-order valence-electron chi connectivity index (χ1n) is 11.2. The van der Waals surface area contributed by atoms with Gasteiger partial charge in [-0.05, 0) is 55.7 Å². The summed E-state index contributed by atoms with van der Waals surface area (Å²) in [5.74, 6) is 0.205. The Morgan fingerprint density at radius 3 is 2.42 bits per heavy atom. The Bertz CT molecular complexity index is 1110. The van der Waals surface area contributed by atoms with Crippen molar-refractivity contribution in [2.24, 2.45) is 0 Å². The van der Waals surface area contributed by atoms with Crippen LogP contribution in [0.5, 0.6) is 11.5 Å². The molecule has 1 aliphatic carbocycles. The second-order valence-corrected chi connectivity index (χ2v) is 8.47. The summed E-state index contributed by atoms with van der Waals surface area (Å²) in [7, 11) is 3.17. The van der Waals surface area contributed by atoms with Gasteiger partial charge in [-0.25, -0.2) is 9.31 Å². The molecule has 0 bridgehead atoms. The van der Waals surface area contributed by atoms with Crippen molar-refractivity contribution < 1.29 is 29.2 Å². The number of fused-ring (bicyclic) bond motifs is 1. The van der Waals surface area contributed by atoms with Crippen molar-refractivity contribution in [2.45, 2.75) is 57.3 Å². The van der Waals surface area contributed by atoms with Crippen LogP contribution in [0.15, 0.2) is 36.4 Å². The molecule has 1 aromatic carbocycles. The van der Waals surface area contributed by atoms with Gasteiger partial charge in [-0.2, -0.15) is 5.10 Å². The van der Waals surface area contributed by atoms with Gasteiger partial charge in [0, 0.05) is 12.0 Å². The molecule has 0 unspecified atom stereocenters. The highest BCUT2D eigenvalue weighted by atomic mass is 16.5. The van der Waals surface area contributed by atoms with Crippen molar-refractivity contribution in [1.82, 2.24) is 9.61 Å². The van der Waals surface area contributed by atoms with E-state index in [2.05, 4.69) is 5.10 Å². The lowest BCUT2D eigenvalue weighted by Gasteiger charge is -2.27. The molecule has 0 amide bonds. The lowest BCUT2D eigenvalue weighted by molar-refractivity contribution is -0.0757. The molecule has 0 radical (unpaired) electrons. The molecule has 1 aliphatic rings. The van der Waals surface area contributed by atoms with Crippen molar-refractivity contribution >= 4 is 11.5 Å². The zero-order valence-corrected chi connectivity index (χ0v) is 19.2. The fraction of sp³-hybridized carbons (Fsp3) is 0.440. The number of hydrogen-bond donors (Lipinski definition) is 2. The number of carbonyl (C=O) groups is 1. The summed E-state index contributed by atoms with van der Waals surface area (Å²) in [6.07, 6.45) is 3.02. The first-order chi connectivity index (χ1) is 15.9. The number of pyridine rings is 1. The fourth-order valence-corrected chi connectivity index (χ4v) is 4.53. The highest BCUT2D eigenvalue weighted by molar-refractivity contribution is 5.86. The third-order valence-corrected chi connectivity index (χ3v) is 6.30. The van der Waals surface area contributed by atoms with E-state index in [0.29, 0.717) is 34.7 Å². The molecule has 4 rings (SSSR count). The van der Waals surface area contributed by atoms with Gasteiger partial charge in [-0.3, -0.25) is 0 Å². The van der Waals surface area contributed by atoms with Gasteiger partial charge in [-0.15, -0.1) is 0 Å². The van der Waals surface area contributed by atoms with Crippen LogP contribution in [0.25, 0.3) is 5.52 Å². The van der Waals surface area contributed by atoms with Gasteiger partial charge < -0.3 is 24.4 Å². The molecule has 8 nitrogen and oxygen atoms in total. The largest absolute Gasteiger partial charge is 0.496 e. The Kier molecular flexibility index (Phi) is 6.85. The van der Waals surface area contributed by atoms with E-state index >= 15 is 0 Å². The van der Waals surface area contributed by atoms with E-state index in [4.69, 9.17) is 14.2 Å². The summed E-state index contributed by atoms with van der Waals surface area (Å²) < 4.78 is 18.8. The Labute approximate surface area is 192 Å². The number of nitrogens with zero attached hydrogens (tertiary/aromatic N) is 2. The second-order valence-electron chi connectivity index (χ2n) is 8.47. The highest BCUT2D eigenvalue weighted by Crippen LogP contribution is 2.35. The second kappa shape index (κ2) is 9.80. The van der Waals surface area contributed by atoms with Gasteiger partial charge in [0.15, 0.2) is 0 Å². The first-order valence-corrected chi connectivity index (χ1v) is 11.2. The molecule has 0 saturated heterocycles. The lowest BCUT2D eigenvalue weighted by atomic mass is 9.98. The molecule has 8 heteroatoms. The van der Waals surface area contributed by atoms with Crippen LogP contribution in [0.1, 0.15) is 59.1 Å². The molecule has 2 N–H and O–H groups in total. The fourth-order valence-electron chi connectivity index (χ4n) is 4.53. The maximum Gasteiger partial charge on any atom is 0.354 e. The van der Waals surface area contributed by atoms with Gasteiger partial charge in [0.25, 0.3) is 0 Å². The summed E-state index contributed by atoms with van der Waals surface area (Å²) in [6, 6.07) is 10.5. The minimum atomic E-state index is -1.05. The molecular weight excluding hydrogens is 424 g/mol. The first kappa shape index (κ1) is 23.1. The molecular formula is C25H30N2O6. The zero-order chi connectivity index (χ0) is 23.5. The van der Waals surface area contributed by atoms with Gasteiger partial charge >= 0.3 is 5.97 Å². The molecule has 1 fully saturated rings. The SMILES string of the molecule is COc1cc([C@@H](O)[C@H](Cc2cc3cccc(C(=O)O)n3n2)OC2CCCC2)cc(OC)c1C. The van der Waals surface area contributed by atoms with Crippen LogP contribution in [-0.4, -0.2) is 52.2 Å². The highest BCUT2D eigenvalue weighted by Gasteiger charge is 2.29. The van der Waals surface area contributed by atoms with Gasteiger partial charge in [0.1, 0.15) is 23.3 Å². The molecule has 2 atom stereocenters. The summed E-state index contributed by atoms with van der Waals surface area (Å²) in [6.45, 7) is 1.90. The van der Waals surface area contributed by atoms with Crippen LogP contribution in [0.4, 0.5) is 0 Å². The average Bonchev–Trinajstić information content (AvgIpc) is 3.47. The summed E-state index contributed by atoms with van der Waals surface area (Å²) in [5.41, 5.74) is 2.90. The van der Waals surface area contributed by atoms with E-state index in [1.165, 1.54) is 10.6 Å². The lowest BCUT2D eigenvalue weighted by Crippen LogP contribution is -2.29. The van der Waals surface area contributed by atoms with Crippen molar-refractivity contribution in [2.75, 3.05) is 14.2 Å². The van der Waals surface area contributed by atoms with Crippen LogP contribution in [-0.2, 0) is 11.2 Å². The van der Waals surface area contributed by atoms with Crippen molar-refractivity contribution in [3.8, 4) is 11.5 Å². The van der Waals surface area contributed by atoms with Crippen LogP contribution in [0.3, 0.4) is 0 Å². The molecule has 2 heterocycles. The average molecular weight is 455 g/mol. The normalized spacial score (nSPS) is 16.1. The number of benzene rings is 1. The predicted octanol–water partition coefficient (Wildman–Crippen LogP) is 3.96. The number of carboxylic acid groups (broad SMARTS) is 1. The van der Waals surface area contributed by atoms with Crippen molar-refractivity contribution in [1.29, 1.82) is 0 Å². The van der Waals surface area contributed by atoms with E-state index in [1.807, 2.05) is 19.1 Å². The predicted molar refractivity (Wildman–Crippen MR) is 122 cm³/mol. The monoisotopic (exact) mass is 454 g/mol. The van der Waals surface area contributed by atoms with Crippen LogP contribution < -0.4 is 9.47 Å². The molecule has 33 heavy (non-hydrogen) atoms. The number of aliphatic hydroxyl groups excluding tert-OH is 1. The third kappa shape index (κ3) is 4.82. The van der Waals surface area contributed by atoms with Crippen LogP contribution >= 0.6 is 0 Å². The summed E-state index contributed by atoms with van der Waals surface area (Å²) >= 11 is 0. The number of ether oxygens (including phenoxy) is 3. The van der Waals surface area contributed by atoms with E-state index in [1.54, 1.807) is 32.4 Å². The summed E-state index contributed by atoms with van der Waals surface area (Å²) in [4.78, 5) is 11.6. The topological polar surface area (TPSA) is 103 Å². The zero-order valence-electron chi connectivity index (χ0n) is 19.2. The maximum atomic E-state index is 11.6. The number of aromatic nitrogens is 2. The number of aromatic carboxylic acids is 1. The standard InChI is InChI=1S/C25H30N2O6/c1-15-21(31-2)11-16(12-22(15)32-3)24(28)23(33-19-8-4-5-9-19)14-17-13-18-7-6-10-20(25(29)30)27(18)26-17/h6-7,10-13,19,23-24,28H,4-5,8-9,14H2,1-3H3,(H,29,30)/t23-,24+/m0/s1. The molecule has 0 spiro atoms. The number of aliphatic hydroxyl groups is 1. The van der Waals surface area contributed by atoms with E-state index in [9.17, 15) is 15.0 Å². The third-order valence-electron chi connectivity index (χ3n) is 6.30. The molecule has 3 aromatic rings. The smallest absolute Gasteiger partial charge is 0.354 e. The Hall–Kier alpha value is -3.10. The molecule has 0 aliphatic heterocycles. The van der Waals surface area contributed by atoms with Crippen LogP contribution in [0.2, 0.25) is 0 Å². The van der Waals surface area contributed by atoms with Gasteiger partial charge in [-0.1, -0.05) is 18.9 Å². The number of rotatable bonds is 9. The molecule has 176 valence electrons. The van der Waals surface area contributed by atoms with Crippen molar-refractivity contribution in [3.05, 3.63) is 58.9 Å². The number of hydrogen-bond acceptors (Lipinski definition) is 6. The van der Waals surface area contributed by atoms with E-state index < -0.39 is 18.2 Å². The minimum absolute atomic E-state index is 0.0745. The Morgan fingerprint density at radius 1 is 1.15 bits per heavy atom. The van der Waals surface area contributed by atoms with Crippen LogP contribution in [0, 0.1) is 6.92 Å². The Balaban J connectivity index is 1.68. The minimum Gasteiger partial charge on any atom is -0.496 e. The molecule has 1 saturated carbocycles. The number of methoxy groups -OCH3 is 2. The summed E-state index contributed by atoms with van der Waals surface area (Å²) in [5, 5.41) is 25.4. The Morgan fingerprint density at radius 2 is 1.82 bits per heavy atom.